The number of rotatable bonds is 10. The molecule has 19 heavy (non-hydrogen) atoms. The van der Waals surface area contributed by atoms with Gasteiger partial charge in [0.2, 0.25) is 0 Å². The highest BCUT2D eigenvalue weighted by Gasteiger charge is 2.05. The van der Waals surface area contributed by atoms with E-state index in [0.717, 1.165) is 42.9 Å². The van der Waals surface area contributed by atoms with Gasteiger partial charge in [-0.15, -0.1) is 6.58 Å². The fourth-order valence-corrected chi connectivity index (χ4v) is 1.82. The summed E-state index contributed by atoms with van der Waals surface area (Å²) < 4.78 is 11.4. The van der Waals surface area contributed by atoms with Crippen molar-refractivity contribution >= 4 is 0 Å². The van der Waals surface area contributed by atoms with Gasteiger partial charge in [0.15, 0.2) is 11.5 Å². The highest BCUT2D eigenvalue weighted by atomic mass is 16.5. The highest BCUT2D eigenvalue weighted by molar-refractivity contribution is 5.43. The fraction of sp³-hybridized carbons (Fsp3) is 0.500. The van der Waals surface area contributed by atoms with Crippen molar-refractivity contribution in [2.24, 2.45) is 5.73 Å². The maximum atomic E-state index is 5.78. The van der Waals surface area contributed by atoms with Crippen LogP contribution in [0.5, 0.6) is 11.5 Å². The molecule has 0 saturated heterocycles. The Balaban J connectivity index is 2.45. The third-order valence-corrected chi connectivity index (χ3v) is 2.85. The maximum Gasteiger partial charge on any atom is 0.161 e. The summed E-state index contributed by atoms with van der Waals surface area (Å²) in [6.45, 7) is 7.55. The van der Waals surface area contributed by atoms with Gasteiger partial charge in [-0.25, -0.2) is 0 Å². The first-order valence-electron chi connectivity index (χ1n) is 7.01. The minimum Gasteiger partial charge on any atom is -0.490 e. The second-order valence-electron chi connectivity index (χ2n) is 4.40. The van der Waals surface area contributed by atoms with Gasteiger partial charge < -0.3 is 15.2 Å². The summed E-state index contributed by atoms with van der Waals surface area (Å²) in [4.78, 5) is 0. The third kappa shape index (κ3) is 5.79. The number of unbranched alkanes of at least 4 members (excludes halogenated alkanes) is 3. The van der Waals surface area contributed by atoms with Crippen molar-refractivity contribution < 1.29 is 9.47 Å². The lowest BCUT2D eigenvalue weighted by Crippen LogP contribution is -2.03. The van der Waals surface area contributed by atoms with E-state index in [-0.39, 0.29) is 0 Å². The topological polar surface area (TPSA) is 44.5 Å². The normalized spacial score (nSPS) is 10.2. The molecule has 1 rings (SSSR count). The van der Waals surface area contributed by atoms with Crippen molar-refractivity contribution in [3.05, 3.63) is 36.4 Å². The van der Waals surface area contributed by atoms with E-state index in [1.807, 2.05) is 31.2 Å². The summed E-state index contributed by atoms with van der Waals surface area (Å²) in [5, 5.41) is 0. The molecule has 0 aliphatic carbocycles. The molecule has 0 unspecified atom stereocenters. The van der Waals surface area contributed by atoms with Crippen molar-refractivity contribution in [2.75, 3.05) is 13.2 Å². The van der Waals surface area contributed by atoms with Crippen LogP contribution in [0.15, 0.2) is 30.9 Å². The summed E-state index contributed by atoms with van der Waals surface area (Å²) in [7, 11) is 0. The van der Waals surface area contributed by atoms with E-state index in [0.29, 0.717) is 13.2 Å². The molecule has 0 heterocycles. The van der Waals surface area contributed by atoms with Crippen LogP contribution in [0.4, 0.5) is 0 Å². The second-order valence-corrected chi connectivity index (χ2v) is 4.40. The quantitative estimate of drug-likeness (QED) is 0.517. The van der Waals surface area contributed by atoms with Gasteiger partial charge in [0.25, 0.3) is 0 Å². The van der Waals surface area contributed by atoms with E-state index >= 15 is 0 Å². The minimum atomic E-state index is 0.516. The molecular formula is C16H25NO2. The molecule has 1 aromatic rings. The molecule has 0 atom stereocenters. The molecular weight excluding hydrogens is 238 g/mol. The Labute approximate surface area is 116 Å². The number of nitrogens with two attached hydrogens (primary N) is 1. The third-order valence-electron chi connectivity index (χ3n) is 2.85. The summed E-state index contributed by atoms with van der Waals surface area (Å²) in [6.07, 6.45) is 6.43. The minimum absolute atomic E-state index is 0.516. The first-order valence-corrected chi connectivity index (χ1v) is 7.01. The van der Waals surface area contributed by atoms with E-state index in [9.17, 15) is 0 Å². The molecule has 0 spiro atoms. The zero-order chi connectivity index (χ0) is 13.9. The zero-order valence-corrected chi connectivity index (χ0v) is 11.9. The van der Waals surface area contributed by atoms with Crippen LogP contribution in [0.1, 0.15) is 38.2 Å². The number of benzene rings is 1. The van der Waals surface area contributed by atoms with Crippen molar-refractivity contribution in [1.29, 1.82) is 0 Å². The monoisotopic (exact) mass is 263 g/mol. The number of ether oxygens (including phenoxy) is 2. The summed E-state index contributed by atoms with van der Waals surface area (Å²) in [5.74, 6) is 1.60. The molecule has 2 N–H and O–H groups in total. The van der Waals surface area contributed by atoms with Crippen LogP contribution in [0.2, 0.25) is 0 Å². The Hall–Kier alpha value is -1.48. The average molecular weight is 263 g/mol. The lowest BCUT2D eigenvalue weighted by Gasteiger charge is -2.13. The largest absolute Gasteiger partial charge is 0.490 e. The lowest BCUT2D eigenvalue weighted by molar-refractivity contribution is 0.270. The van der Waals surface area contributed by atoms with Crippen LogP contribution >= 0.6 is 0 Å². The molecule has 3 heteroatoms. The van der Waals surface area contributed by atoms with Crippen molar-refractivity contribution in [3.63, 3.8) is 0 Å². The SMILES string of the molecule is C=CCCCCCOc1ccc(CN)cc1OCC. The average Bonchev–Trinajstić information content (AvgIpc) is 2.44. The van der Waals surface area contributed by atoms with E-state index in [1.54, 1.807) is 0 Å². The van der Waals surface area contributed by atoms with Crippen LogP contribution in [0, 0.1) is 0 Å². The Morgan fingerprint density at radius 2 is 2.00 bits per heavy atom. The van der Waals surface area contributed by atoms with E-state index < -0.39 is 0 Å². The van der Waals surface area contributed by atoms with Gasteiger partial charge in [0, 0.05) is 6.54 Å². The first-order chi connectivity index (χ1) is 9.31. The fourth-order valence-electron chi connectivity index (χ4n) is 1.82. The zero-order valence-electron chi connectivity index (χ0n) is 11.9. The predicted octanol–water partition coefficient (Wildman–Crippen LogP) is 3.67. The van der Waals surface area contributed by atoms with E-state index in [4.69, 9.17) is 15.2 Å². The highest BCUT2D eigenvalue weighted by Crippen LogP contribution is 2.28. The van der Waals surface area contributed by atoms with Crippen molar-refractivity contribution in [3.8, 4) is 11.5 Å². The number of hydrogen-bond acceptors (Lipinski definition) is 3. The van der Waals surface area contributed by atoms with Gasteiger partial charge in [-0.3, -0.25) is 0 Å². The van der Waals surface area contributed by atoms with Gasteiger partial charge in [-0.05, 0) is 50.3 Å². The maximum absolute atomic E-state index is 5.78. The summed E-state index contributed by atoms with van der Waals surface area (Å²) in [5.41, 5.74) is 6.69. The standard InChI is InChI=1S/C16H25NO2/c1-3-5-6-7-8-11-19-15-10-9-14(13-17)12-16(15)18-4-2/h3,9-10,12H,1,4-8,11,13,17H2,2H3. The molecule has 3 nitrogen and oxygen atoms in total. The Morgan fingerprint density at radius 1 is 1.16 bits per heavy atom. The van der Waals surface area contributed by atoms with Gasteiger partial charge in [-0.1, -0.05) is 12.1 Å². The van der Waals surface area contributed by atoms with Crippen LogP contribution in [0.3, 0.4) is 0 Å². The number of hydrogen-bond donors (Lipinski definition) is 1. The molecule has 0 fully saturated rings. The molecule has 0 aliphatic rings. The first kappa shape index (κ1) is 15.6. The summed E-state index contributed by atoms with van der Waals surface area (Å²) in [6, 6.07) is 5.88. The number of allylic oxidation sites excluding steroid dienone is 1. The van der Waals surface area contributed by atoms with Crippen LogP contribution in [0.25, 0.3) is 0 Å². The Kier molecular flexibility index (Phi) is 7.75. The molecule has 106 valence electrons. The van der Waals surface area contributed by atoms with Crippen molar-refractivity contribution in [1.82, 2.24) is 0 Å². The molecule has 0 aliphatic heterocycles. The Bertz CT molecular complexity index is 377. The van der Waals surface area contributed by atoms with Gasteiger partial charge >= 0.3 is 0 Å². The Morgan fingerprint density at radius 3 is 2.68 bits per heavy atom. The van der Waals surface area contributed by atoms with E-state index in [1.165, 1.54) is 6.42 Å². The molecule has 1 aromatic carbocycles. The van der Waals surface area contributed by atoms with Crippen LogP contribution < -0.4 is 15.2 Å². The molecule has 0 radical (unpaired) electrons. The van der Waals surface area contributed by atoms with Crippen molar-refractivity contribution in [2.45, 2.75) is 39.2 Å². The molecule has 0 saturated carbocycles. The van der Waals surface area contributed by atoms with Crippen LogP contribution in [-0.2, 0) is 6.54 Å². The van der Waals surface area contributed by atoms with Gasteiger partial charge in [0.05, 0.1) is 13.2 Å². The predicted molar refractivity (Wildman–Crippen MR) is 79.7 cm³/mol. The second kappa shape index (κ2) is 9.45. The van der Waals surface area contributed by atoms with Crippen LogP contribution in [-0.4, -0.2) is 13.2 Å². The molecule has 0 bridgehead atoms. The molecule has 0 amide bonds. The van der Waals surface area contributed by atoms with Gasteiger partial charge in [0.1, 0.15) is 0 Å². The lowest BCUT2D eigenvalue weighted by atomic mass is 10.2. The smallest absolute Gasteiger partial charge is 0.161 e. The molecule has 0 aromatic heterocycles. The van der Waals surface area contributed by atoms with E-state index in [2.05, 4.69) is 6.58 Å². The van der Waals surface area contributed by atoms with Gasteiger partial charge in [-0.2, -0.15) is 0 Å². The summed E-state index contributed by atoms with van der Waals surface area (Å²) >= 11 is 0.